The second kappa shape index (κ2) is 5.13. The molecule has 88 valence electrons. The highest BCUT2D eigenvalue weighted by Gasteiger charge is 2.26. The summed E-state index contributed by atoms with van der Waals surface area (Å²) in [7, 11) is 0. The van der Waals surface area contributed by atoms with Crippen LogP contribution in [0.3, 0.4) is 0 Å². The van der Waals surface area contributed by atoms with Gasteiger partial charge in [-0.05, 0) is 32.3 Å². The number of hydrogen-bond donors (Lipinski definition) is 2. The van der Waals surface area contributed by atoms with E-state index in [4.69, 9.17) is 11.6 Å². The van der Waals surface area contributed by atoms with Crippen molar-refractivity contribution in [3.8, 4) is 0 Å². The number of pyridine rings is 1. The van der Waals surface area contributed by atoms with E-state index in [1.54, 1.807) is 6.20 Å². The Hall–Kier alpha value is -0.640. The van der Waals surface area contributed by atoms with Crippen LogP contribution in [0.5, 0.6) is 0 Å². The summed E-state index contributed by atoms with van der Waals surface area (Å²) in [4.78, 5) is 4.06. The molecule has 0 aliphatic heterocycles. The third-order valence-electron chi connectivity index (χ3n) is 3.20. The largest absolute Gasteiger partial charge is 0.392 e. The maximum absolute atomic E-state index is 9.74. The molecule has 0 bridgehead atoms. The Kier molecular flexibility index (Phi) is 3.79. The predicted octanol–water partition coefficient (Wildman–Crippen LogP) is 2.30. The number of nitrogens with zero attached hydrogens (tertiary/aromatic N) is 1. The molecule has 1 heterocycles. The molecule has 1 aromatic rings. The van der Waals surface area contributed by atoms with Crippen LogP contribution >= 0.6 is 11.6 Å². The van der Waals surface area contributed by atoms with Crippen LogP contribution in [0.25, 0.3) is 0 Å². The Balaban J connectivity index is 2.03. The average Bonchev–Trinajstić information content (AvgIpc) is 2.65. The Bertz CT molecular complexity index is 359. The summed E-state index contributed by atoms with van der Waals surface area (Å²) >= 11 is 6.03. The maximum atomic E-state index is 9.74. The first-order chi connectivity index (χ1) is 7.68. The van der Waals surface area contributed by atoms with E-state index in [2.05, 4.69) is 10.3 Å². The summed E-state index contributed by atoms with van der Waals surface area (Å²) in [6, 6.07) is 4.16. The minimum absolute atomic E-state index is 0.124. The van der Waals surface area contributed by atoms with Crippen LogP contribution in [0.1, 0.15) is 37.8 Å². The van der Waals surface area contributed by atoms with Gasteiger partial charge < -0.3 is 10.4 Å². The smallest absolute Gasteiger partial charge is 0.133 e. The molecule has 1 fully saturated rings. The van der Waals surface area contributed by atoms with Crippen LogP contribution in [-0.4, -0.2) is 22.2 Å². The molecule has 2 N–H and O–H groups in total. The standard InChI is InChI=1S/C12H17ClN2O/c1-8(9-4-3-7-14-12(9)13)15-10-5-2-6-11(10)16/h3-4,7-8,10-11,15-16H,2,5-6H2,1H3. The summed E-state index contributed by atoms with van der Waals surface area (Å²) in [6.07, 6.45) is 4.47. The van der Waals surface area contributed by atoms with E-state index in [1.807, 2.05) is 19.1 Å². The maximum Gasteiger partial charge on any atom is 0.133 e. The number of hydrogen-bond acceptors (Lipinski definition) is 3. The Morgan fingerprint density at radius 2 is 2.38 bits per heavy atom. The monoisotopic (exact) mass is 240 g/mol. The van der Waals surface area contributed by atoms with E-state index in [1.165, 1.54) is 0 Å². The highest BCUT2D eigenvalue weighted by atomic mass is 35.5. The molecule has 0 radical (unpaired) electrons. The summed E-state index contributed by atoms with van der Waals surface area (Å²) in [6.45, 7) is 2.05. The first-order valence-electron chi connectivity index (χ1n) is 5.73. The second-order valence-corrected chi connectivity index (χ2v) is 4.73. The van der Waals surface area contributed by atoms with Crippen LogP contribution in [0.2, 0.25) is 5.15 Å². The van der Waals surface area contributed by atoms with Gasteiger partial charge in [0.15, 0.2) is 0 Å². The molecule has 0 aromatic carbocycles. The minimum Gasteiger partial charge on any atom is -0.392 e. The fraction of sp³-hybridized carbons (Fsp3) is 0.583. The van der Waals surface area contributed by atoms with Gasteiger partial charge in [0.1, 0.15) is 5.15 Å². The number of aromatic nitrogens is 1. The number of aliphatic hydroxyl groups is 1. The topological polar surface area (TPSA) is 45.1 Å². The van der Waals surface area contributed by atoms with Gasteiger partial charge in [0.05, 0.1) is 6.10 Å². The van der Waals surface area contributed by atoms with Crippen molar-refractivity contribution in [1.29, 1.82) is 0 Å². The molecule has 1 saturated carbocycles. The van der Waals surface area contributed by atoms with Crippen molar-refractivity contribution in [2.75, 3.05) is 0 Å². The highest BCUT2D eigenvalue weighted by molar-refractivity contribution is 6.30. The molecule has 0 saturated heterocycles. The zero-order chi connectivity index (χ0) is 11.5. The van der Waals surface area contributed by atoms with E-state index in [0.29, 0.717) is 5.15 Å². The van der Waals surface area contributed by atoms with Gasteiger partial charge in [0, 0.05) is 23.8 Å². The van der Waals surface area contributed by atoms with Crippen molar-refractivity contribution in [1.82, 2.24) is 10.3 Å². The van der Waals surface area contributed by atoms with Gasteiger partial charge in [-0.25, -0.2) is 4.98 Å². The first-order valence-corrected chi connectivity index (χ1v) is 6.11. The number of nitrogens with one attached hydrogen (secondary N) is 1. The van der Waals surface area contributed by atoms with Gasteiger partial charge in [-0.1, -0.05) is 17.7 Å². The van der Waals surface area contributed by atoms with Gasteiger partial charge in [0.2, 0.25) is 0 Å². The number of rotatable bonds is 3. The Morgan fingerprint density at radius 1 is 1.56 bits per heavy atom. The lowest BCUT2D eigenvalue weighted by molar-refractivity contribution is 0.144. The van der Waals surface area contributed by atoms with E-state index in [0.717, 1.165) is 24.8 Å². The molecule has 0 amide bonds. The average molecular weight is 241 g/mol. The zero-order valence-electron chi connectivity index (χ0n) is 9.36. The van der Waals surface area contributed by atoms with Crippen LogP contribution < -0.4 is 5.32 Å². The Labute approximate surface area is 101 Å². The molecule has 2 rings (SSSR count). The van der Waals surface area contributed by atoms with Gasteiger partial charge in [-0.3, -0.25) is 0 Å². The Morgan fingerprint density at radius 3 is 3.00 bits per heavy atom. The number of aliphatic hydroxyl groups excluding tert-OH is 1. The van der Waals surface area contributed by atoms with Crippen LogP contribution in [0, 0.1) is 0 Å². The fourth-order valence-corrected chi connectivity index (χ4v) is 2.55. The molecule has 0 spiro atoms. The lowest BCUT2D eigenvalue weighted by Crippen LogP contribution is -2.37. The molecule has 16 heavy (non-hydrogen) atoms. The zero-order valence-corrected chi connectivity index (χ0v) is 10.1. The third-order valence-corrected chi connectivity index (χ3v) is 3.51. The normalized spacial score (nSPS) is 26.9. The van der Waals surface area contributed by atoms with E-state index >= 15 is 0 Å². The van der Waals surface area contributed by atoms with Crippen LogP contribution in [0.4, 0.5) is 0 Å². The van der Waals surface area contributed by atoms with Gasteiger partial charge in [-0.15, -0.1) is 0 Å². The van der Waals surface area contributed by atoms with Gasteiger partial charge in [0.25, 0.3) is 0 Å². The summed E-state index contributed by atoms with van der Waals surface area (Å²) < 4.78 is 0. The van der Waals surface area contributed by atoms with Crippen LogP contribution in [0.15, 0.2) is 18.3 Å². The first kappa shape index (κ1) is 11.8. The number of halogens is 1. The quantitative estimate of drug-likeness (QED) is 0.797. The van der Waals surface area contributed by atoms with E-state index in [9.17, 15) is 5.11 Å². The minimum atomic E-state index is -0.224. The van der Waals surface area contributed by atoms with Crippen molar-refractivity contribution >= 4 is 11.6 Å². The summed E-state index contributed by atoms with van der Waals surface area (Å²) in [5.41, 5.74) is 0.989. The lowest BCUT2D eigenvalue weighted by atomic mass is 10.1. The highest BCUT2D eigenvalue weighted by Crippen LogP contribution is 2.25. The van der Waals surface area contributed by atoms with Crippen LogP contribution in [-0.2, 0) is 0 Å². The van der Waals surface area contributed by atoms with Crippen molar-refractivity contribution in [2.24, 2.45) is 0 Å². The second-order valence-electron chi connectivity index (χ2n) is 4.38. The summed E-state index contributed by atoms with van der Waals surface area (Å²) in [5, 5.41) is 13.7. The third kappa shape index (κ3) is 2.54. The molecule has 1 aromatic heterocycles. The van der Waals surface area contributed by atoms with Gasteiger partial charge >= 0.3 is 0 Å². The lowest BCUT2D eigenvalue weighted by Gasteiger charge is -2.22. The molecule has 4 heteroatoms. The molecule has 3 unspecified atom stereocenters. The van der Waals surface area contributed by atoms with Crippen molar-refractivity contribution < 1.29 is 5.11 Å². The molecular weight excluding hydrogens is 224 g/mol. The molecule has 1 aliphatic carbocycles. The van der Waals surface area contributed by atoms with Crippen molar-refractivity contribution in [3.05, 3.63) is 29.0 Å². The molecule has 3 atom stereocenters. The van der Waals surface area contributed by atoms with E-state index < -0.39 is 0 Å². The molecular formula is C12H17ClN2O. The van der Waals surface area contributed by atoms with E-state index in [-0.39, 0.29) is 18.2 Å². The SMILES string of the molecule is CC(NC1CCCC1O)c1cccnc1Cl. The van der Waals surface area contributed by atoms with Crippen molar-refractivity contribution in [2.45, 2.75) is 44.4 Å². The van der Waals surface area contributed by atoms with Gasteiger partial charge in [-0.2, -0.15) is 0 Å². The van der Waals surface area contributed by atoms with Crippen molar-refractivity contribution in [3.63, 3.8) is 0 Å². The predicted molar refractivity (Wildman–Crippen MR) is 64.4 cm³/mol. The fourth-order valence-electron chi connectivity index (χ4n) is 2.27. The molecule has 3 nitrogen and oxygen atoms in total. The molecule has 1 aliphatic rings. The summed E-state index contributed by atoms with van der Waals surface area (Å²) in [5.74, 6) is 0.